The first-order valence-corrected chi connectivity index (χ1v) is 6.23. The number of nitrogens with two attached hydrogens (primary N) is 1. The Hall–Kier alpha value is -1.24. The van der Waals surface area contributed by atoms with Gasteiger partial charge in [-0.15, -0.1) is 17.5 Å². The lowest BCUT2D eigenvalue weighted by Crippen LogP contribution is -2.15. The Morgan fingerprint density at radius 3 is 2.53 bits per heavy atom. The highest BCUT2D eigenvalue weighted by Gasteiger charge is 2.30. The summed E-state index contributed by atoms with van der Waals surface area (Å²) in [6, 6.07) is -0.218. The van der Waals surface area contributed by atoms with Crippen molar-refractivity contribution < 1.29 is 0 Å². The maximum absolute atomic E-state index is 5.91. The Morgan fingerprint density at radius 1 is 1.37 bits per heavy atom. The molecule has 0 amide bonds. The molecule has 0 spiro atoms. The van der Waals surface area contributed by atoms with Gasteiger partial charge in [-0.25, -0.2) is 15.0 Å². The van der Waals surface area contributed by atoms with E-state index in [-0.39, 0.29) is 18.4 Å². The molecule has 0 aliphatic heterocycles. The smallest absolute Gasteiger partial charge is 0.252 e. The lowest BCUT2D eigenvalue weighted by Gasteiger charge is -2.05. The van der Waals surface area contributed by atoms with Gasteiger partial charge in [-0.05, 0) is 19.8 Å². The predicted octanol–water partition coefficient (Wildman–Crippen LogP) is 2.03. The standard InChI is InChI=1S/C11H13ClN6.ClH/c1-6(13)10-16-9(7-2-3-7)17-18(10)11-14-4-8(12)5-15-11;/h4-7H,2-3,13H2,1H3;1H/t6-;/m1./s1. The number of hydrogen-bond donors (Lipinski definition) is 1. The zero-order valence-electron chi connectivity index (χ0n) is 10.3. The van der Waals surface area contributed by atoms with Crippen molar-refractivity contribution in [3.05, 3.63) is 29.1 Å². The molecule has 1 aliphatic rings. The average molecular weight is 301 g/mol. The lowest BCUT2D eigenvalue weighted by atomic mass is 10.3. The molecule has 3 rings (SSSR count). The lowest BCUT2D eigenvalue weighted by molar-refractivity contribution is 0.668. The van der Waals surface area contributed by atoms with Crippen molar-refractivity contribution in [2.45, 2.75) is 31.7 Å². The Labute approximate surface area is 121 Å². The molecular weight excluding hydrogens is 287 g/mol. The summed E-state index contributed by atoms with van der Waals surface area (Å²) in [5.74, 6) is 2.43. The Bertz CT molecular complexity index is 561. The van der Waals surface area contributed by atoms with E-state index in [2.05, 4.69) is 20.1 Å². The molecule has 0 radical (unpaired) electrons. The Kier molecular flexibility index (Phi) is 4.03. The van der Waals surface area contributed by atoms with Crippen LogP contribution in [0, 0.1) is 0 Å². The fraction of sp³-hybridized carbons (Fsp3) is 0.455. The summed E-state index contributed by atoms with van der Waals surface area (Å²) in [6.45, 7) is 1.87. The molecule has 2 N–H and O–H groups in total. The monoisotopic (exact) mass is 300 g/mol. The van der Waals surface area contributed by atoms with Gasteiger partial charge < -0.3 is 5.73 Å². The average Bonchev–Trinajstić information content (AvgIpc) is 3.09. The molecule has 8 heteroatoms. The molecule has 1 atom stereocenters. The molecule has 2 heterocycles. The molecule has 0 unspecified atom stereocenters. The van der Waals surface area contributed by atoms with E-state index in [0.29, 0.717) is 22.7 Å². The summed E-state index contributed by atoms with van der Waals surface area (Å²) in [4.78, 5) is 12.8. The first kappa shape index (κ1) is 14.2. The van der Waals surface area contributed by atoms with Gasteiger partial charge >= 0.3 is 0 Å². The summed E-state index contributed by atoms with van der Waals surface area (Å²) < 4.78 is 1.61. The van der Waals surface area contributed by atoms with E-state index in [9.17, 15) is 0 Å². The number of aromatic nitrogens is 5. The zero-order chi connectivity index (χ0) is 12.7. The third-order valence-corrected chi connectivity index (χ3v) is 2.99. The molecular formula is C11H14Cl2N6. The van der Waals surface area contributed by atoms with Crippen LogP contribution in [-0.2, 0) is 0 Å². The van der Waals surface area contributed by atoms with E-state index in [1.165, 1.54) is 12.4 Å². The first-order chi connectivity index (χ1) is 8.65. The highest BCUT2D eigenvalue weighted by molar-refractivity contribution is 6.30. The maximum atomic E-state index is 5.91. The minimum atomic E-state index is -0.218. The first-order valence-electron chi connectivity index (χ1n) is 5.85. The Balaban J connectivity index is 0.00000133. The quantitative estimate of drug-likeness (QED) is 0.938. The van der Waals surface area contributed by atoms with Gasteiger partial charge in [-0.2, -0.15) is 4.68 Å². The number of halogens is 2. The Morgan fingerprint density at radius 2 is 2.00 bits per heavy atom. The molecule has 19 heavy (non-hydrogen) atoms. The topological polar surface area (TPSA) is 82.5 Å². The van der Waals surface area contributed by atoms with Gasteiger partial charge in [0.2, 0.25) is 0 Å². The summed E-state index contributed by atoms with van der Waals surface area (Å²) in [5, 5.41) is 4.94. The van der Waals surface area contributed by atoms with Crippen molar-refractivity contribution in [3.63, 3.8) is 0 Å². The second kappa shape index (κ2) is 5.40. The molecule has 102 valence electrons. The summed E-state index contributed by atoms with van der Waals surface area (Å²) in [6.07, 6.45) is 5.36. The van der Waals surface area contributed by atoms with Gasteiger partial charge in [0.15, 0.2) is 11.6 Å². The van der Waals surface area contributed by atoms with E-state index in [1.54, 1.807) is 4.68 Å². The largest absolute Gasteiger partial charge is 0.322 e. The van der Waals surface area contributed by atoms with Crippen molar-refractivity contribution in [2.75, 3.05) is 0 Å². The van der Waals surface area contributed by atoms with Crippen LogP contribution in [0.4, 0.5) is 0 Å². The van der Waals surface area contributed by atoms with E-state index >= 15 is 0 Å². The van der Waals surface area contributed by atoms with Crippen LogP contribution in [0.1, 0.15) is 43.4 Å². The van der Waals surface area contributed by atoms with Crippen molar-refractivity contribution in [1.29, 1.82) is 0 Å². The number of rotatable bonds is 3. The molecule has 1 fully saturated rings. The molecule has 0 aromatic carbocycles. The highest BCUT2D eigenvalue weighted by atomic mass is 35.5. The van der Waals surface area contributed by atoms with Crippen LogP contribution in [-0.4, -0.2) is 24.7 Å². The molecule has 1 aliphatic carbocycles. The number of hydrogen-bond acceptors (Lipinski definition) is 5. The van der Waals surface area contributed by atoms with E-state index < -0.39 is 0 Å². The van der Waals surface area contributed by atoms with Gasteiger partial charge in [0.05, 0.1) is 23.5 Å². The summed E-state index contributed by atoms with van der Waals surface area (Å²) in [5.41, 5.74) is 5.91. The maximum Gasteiger partial charge on any atom is 0.252 e. The van der Waals surface area contributed by atoms with Crippen LogP contribution in [0.2, 0.25) is 5.02 Å². The van der Waals surface area contributed by atoms with E-state index in [4.69, 9.17) is 17.3 Å². The van der Waals surface area contributed by atoms with Crippen molar-refractivity contribution >= 4 is 24.0 Å². The van der Waals surface area contributed by atoms with Crippen LogP contribution in [0.5, 0.6) is 0 Å². The van der Waals surface area contributed by atoms with Crippen LogP contribution in [0.15, 0.2) is 12.4 Å². The minimum Gasteiger partial charge on any atom is -0.322 e. The third kappa shape index (κ3) is 2.86. The van der Waals surface area contributed by atoms with Crippen LogP contribution >= 0.6 is 24.0 Å². The third-order valence-electron chi connectivity index (χ3n) is 2.79. The predicted molar refractivity (Wildman–Crippen MR) is 73.8 cm³/mol. The molecule has 2 aromatic rings. The number of nitrogens with zero attached hydrogens (tertiary/aromatic N) is 5. The van der Waals surface area contributed by atoms with Crippen molar-refractivity contribution in [3.8, 4) is 5.95 Å². The van der Waals surface area contributed by atoms with Crippen molar-refractivity contribution in [1.82, 2.24) is 24.7 Å². The second-order valence-corrected chi connectivity index (χ2v) is 4.94. The minimum absolute atomic E-state index is 0. The SMILES string of the molecule is C[C@@H](N)c1nc(C2CC2)nn1-c1ncc(Cl)cn1.Cl. The molecule has 0 bridgehead atoms. The highest BCUT2D eigenvalue weighted by Crippen LogP contribution is 2.38. The van der Waals surface area contributed by atoms with Gasteiger partial charge in [0, 0.05) is 5.92 Å². The molecule has 6 nitrogen and oxygen atoms in total. The van der Waals surface area contributed by atoms with Gasteiger partial charge in [-0.3, -0.25) is 0 Å². The van der Waals surface area contributed by atoms with E-state index in [0.717, 1.165) is 18.7 Å². The van der Waals surface area contributed by atoms with Gasteiger partial charge in [0.1, 0.15) is 0 Å². The van der Waals surface area contributed by atoms with Crippen LogP contribution < -0.4 is 5.73 Å². The normalized spacial score (nSPS) is 15.9. The fourth-order valence-electron chi connectivity index (χ4n) is 1.71. The zero-order valence-corrected chi connectivity index (χ0v) is 11.9. The van der Waals surface area contributed by atoms with Gasteiger partial charge in [-0.1, -0.05) is 11.6 Å². The van der Waals surface area contributed by atoms with E-state index in [1.807, 2.05) is 6.92 Å². The molecule has 1 saturated carbocycles. The molecule has 0 saturated heterocycles. The van der Waals surface area contributed by atoms with Crippen LogP contribution in [0.3, 0.4) is 0 Å². The van der Waals surface area contributed by atoms with Crippen molar-refractivity contribution in [2.24, 2.45) is 5.73 Å². The van der Waals surface area contributed by atoms with Crippen LogP contribution in [0.25, 0.3) is 5.95 Å². The van der Waals surface area contributed by atoms with Gasteiger partial charge in [0.25, 0.3) is 5.95 Å². The fourth-order valence-corrected chi connectivity index (χ4v) is 1.81. The summed E-state index contributed by atoms with van der Waals surface area (Å²) >= 11 is 5.77. The molecule has 2 aromatic heterocycles. The second-order valence-electron chi connectivity index (χ2n) is 4.50. The summed E-state index contributed by atoms with van der Waals surface area (Å²) in [7, 11) is 0.